The molecule has 2 aromatic rings. The Morgan fingerprint density at radius 2 is 1.96 bits per heavy atom. The van der Waals surface area contributed by atoms with Crippen molar-refractivity contribution in [2.45, 2.75) is 20.0 Å². The number of hydrogen-bond donors (Lipinski definition) is 1. The summed E-state index contributed by atoms with van der Waals surface area (Å²) < 4.78 is 10.7. The van der Waals surface area contributed by atoms with Gasteiger partial charge in [-0.3, -0.25) is 9.88 Å². The second kappa shape index (κ2) is 8.50. The van der Waals surface area contributed by atoms with Gasteiger partial charge < -0.3 is 14.6 Å². The molecule has 1 aromatic carbocycles. The van der Waals surface area contributed by atoms with Gasteiger partial charge in [0, 0.05) is 31.4 Å². The van der Waals surface area contributed by atoms with Gasteiger partial charge in [0.05, 0.1) is 26.5 Å². The van der Waals surface area contributed by atoms with E-state index in [4.69, 9.17) is 9.47 Å². The van der Waals surface area contributed by atoms with Crippen molar-refractivity contribution in [1.82, 2.24) is 9.88 Å². The molecule has 0 aliphatic rings. The Morgan fingerprint density at radius 3 is 2.61 bits per heavy atom. The summed E-state index contributed by atoms with van der Waals surface area (Å²) in [7, 11) is 3.30. The third-order valence-electron chi connectivity index (χ3n) is 3.79. The smallest absolute Gasteiger partial charge is 0.123 e. The molecule has 0 saturated carbocycles. The van der Waals surface area contributed by atoms with E-state index in [-0.39, 0.29) is 6.61 Å². The number of hydrogen-bond acceptors (Lipinski definition) is 5. The van der Waals surface area contributed by atoms with Crippen LogP contribution in [0.15, 0.2) is 36.5 Å². The number of methoxy groups -OCH3 is 2. The van der Waals surface area contributed by atoms with Crippen LogP contribution in [-0.4, -0.2) is 42.4 Å². The van der Waals surface area contributed by atoms with Gasteiger partial charge in [-0.1, -0.05) is 6.07 Å². The largest absolute Gasteiger partial charge is 0.497 e. The SMILES string of the molecule is COc1ccc(OC)c(CN(CCO)Cc2ncccc2C)c1. The molecule has 0 radical (unpaired) electrons. The molecule has 5 nitrogen and oxygen atoms in total. The molecule has 1 aromatic heterocycles. The van der Waals surface area contributed by atoms with Crippen molar-refractivity contribution in [2.24, 2.45) is 0 Å². The molecule has 0 bridgehead atoms. The number of aromatic nitrogens is 1. The van der Waals surface area contributed by atoms with Crippen molar-refractivity contribution in [3.63, 3.8) is 0 Å². The molecular formula is C18H24N2O3. The number of nitrogens with zero attached hydrogens (tertiary/aromatic N) is 2. The van der Waals surface area contributed by atoms with Gasteiger partial charge in [0.1, 0.15) is 11.5 Å². The summed E-state index contributed by atoms with van der Waals surface area (Å²) in [5.41, 5.74) is 3.18. The van der Waals surface area contributed by atoms with Crippen LogP contribution < -0.4 is 9.47 Å². The van der Waals surface area contributed by atoms with Gasteiger partial charge in [0.2, 0.25) is 0 Å². The average molecular weight is 316 g/mol. The van der Waals surface area contributed by atoms with Gasteiger partial charge in [0.15, 0.2) is 0 Å². The Balaban J connectivity index is 2.20. The van der Waals surface area contributed by atoms with Crippen LogP contribution >= 0.6 is 0 Å². The number of aryl methyl sites for hydroxylation is 1. The van der Waals surface area contributed by atoms with Crippen molar-refractivity contribution in [3.8, 4) is 11.5 Å². The van der Waals surface area contributed by atoms with E-state index in [1.807, 2.05) is 37.3 Å². The van der Waals surface area contributed by atoms with Crippen LogP contribution in [0.5, 0.6) is 11.5 Å². The van der Waals surface area contributed by atoms with Crippen LogP contribution in [0.3, 0.4) is 0 Å². The van der Waals surface area contributed by atoms with Crippen LogP contribution in [0.1, 0.15) is 16.8 Å². The Bertz CT molecular complexity index is 631. The molecule has 0 fully saturated rings. The summed E-state index contributed by atoms with van der Waals surface area (Å²) in [4.78, 5) is 6.58. The Kier molecular flexibility index (Phi) is 6.38. The van der Waals surface area contributed by atoms with E-state index in [9.17, 15) is 5.11 Å². The fourth-order valence-corrected chi connectivity index (χ4v) is 2.50. The minimum absolute atomic E-state index is 0.0954. The monoisotopic (exact) mass is 316 g/mol. The predicted octanol–water partition coefficient (Wildman–Crippen LogP) is 2.40. The molecule has 5 heteroatoms. The Hall–Kier alpha value is -2.11. The van der Waals surface area contributed by atoms with Crippen molar-refractivity contribution in [2.75, 3.05) is 27.4 Å². The van der Waals surface area contributed by atoms with E-state index < -0.39 is 0 Å². The molecule has 0 atom stereocenters. The van der Waals surface area contributed by atoms with Crippen molar-refractivity contribution >= 4 is 0 Å². The average Bonchev–Trinajstić information content (AvgIpc) is 2.57. The standard InChI is InChI=1S/C18H24N2O3/c1-14-5-4-8-19-17(14)13-20(9-10-21)12-15-11-16(22-2)6-7-18(15)23-3/h4-8,11,21H,9-10,12-13H2,1-3H3. The van der Waals surface area contributed by atoms with Crippen LogP contribution in [0.2, 0.25) is 0 Å². The summed E-state index contributed by atoms with van der Waals surface area (Å²) in [5.74, 6) is 1.60. The minimum atomic E-state index is 0.0954. The van der Waals surface area contributed by atoms with Crippen LogP contribution in [0.4, 0.5) is 0 Å². The number of ether oxygens (including phenoxy) is 2. The number of aliphatic hydroxyl groups is 1. The lowest BCUT2D eigenvalue weighted by Crippen LogP contribution is -2.27. The summed E-state index contributed by atoms with van der Waals surface area (Å²) >= 11 is 0. The Labute approximate surface area is 137 Å². The first-order valence-corrected chi connectivity index (χ1v) is 7.62. The highest BCUT2D eigenvalue weighted by molar-refractivity contribution is 5.40. The van der Waals surface area contributed by atoms with Gasteiger partial charge >= 0.3 is 0 Å². The maximum Gasteiger partial charge on any atom is 0.123 e. The van der Waals surface area contributed by atoms with E-state index in [2.05, 4.69) is 9.88 Å². The third-order valence-corrected chi connectivity index (χ3v) is 3.79. The number of rotatable bonds is 8. The fraction of sp³-hybridized carbons (Fsp3) is 0.389. The first-order chi connectivity index (χ1) is 11.2. The second-order valence-electron chi connectivity index (χ2n) is 5.38. The van der Waals surface area contributed by atoms with Gasteiger partial charge in [-0.15, -0.1) is 0 Å². The predicted molar refractivity (Wildman–Crippen MR) is 89.7 cm³/mol. The molecule has 2 rings (SSSR count). The maximum absolute atomic E-state index is 9.37. The number of benzene rings is 1. The van der Waals surface area contributed by atoms with Crippen LogP contribution in [0, 0.1) is 6.92 Å². The zero-order valence-corrected chi connectivity index (χ0v) is 14.0. The van der Waals surface area contributed by atoms with Gasteiger partial charge in [-0.25, -0.2) is 0 Å². The molecule has 124 valence electrons. The van der Waals surface area contributed by atoms with Gasteiger partial charge in [0.25, 0.3) is 0 Å². The third kappa shape index (κ3) is 4.68. The van der Waals surface area contributed by atoms with Gasteiger partial charge in [-0.05, 0) is 36.8 Å². The van der Waals surface area contributed by atoms with E-state index in [0.717, 1.165) is 28.3 Å². The van der Waals surface area contributed by atoms with Crippen LogP contribution in [-0.2, 0) is 13.1 Å². The lowest BCUT2D eigenvalue weighted by Gasteiger charge is -2.23. The van der Waals surface area contributed by atoms with E-state index in [1.165, 1.54) is 0 Å². The minimum Gasteiger partial charge on any atom is -0.497 e. The molecule has 0 amide bonds. The molecule has 0 aliphatic carbocycles. The highest BCUT2D eigenvalue weighted by atomic mass is 16.5. The van der Waals surface area contributed by atoms with Gasteiger partial charge in [-0.2, -0.15) is 0 Å². The molecule has 23 heavy (non-hydrogen) atoms. The first kappa shape index (κ1) is 17.2. The molecule has 0 spiro atoms. The summed E-state index contributed by atoms with van der Waals surface area (Å²) in [6, 6.07) is 9.72. The number of aliphatic hydroxyl groups excluding tert-OH is 1. The quantitative estimate of drug-likeness (QED) is 0.810. The normalized spacial score (nSPS) is 10.8. The zero-order chi connectivity index (χ0) is 16.7. The topological polar surface area (TPSA) is 54.8 Å². The highest BCUT2D eigenvalue weighted by Gasteiger charge is 2.13. The maximum atomic E-state index is 9.37. The first-order valence-electron chi connectivity index (χ1n) is 7.62. The number of pyridine rings is 1. The molecular weight excluding hydrogens is 292 g/mol. The van der Waals surface area contributed by atoms with Crippen molar-refractivity contribution in [1.29, 1.82) is 0 Å². The van der Waals surface area contributed by atoms with E-state index >= 15 is 0 Å². The van der Waals surface area contributed by atoms with Crippen molar-refractivity contribution < 1.29 is 14.6 Å². The van der Waals surface area contributed by atoms with E-state index in [1.54, 1.807) is 20.4 Å². The zero-order valence-electron chi connectivity index (χ0n) is 14.0. The lowest BCUT2D eigenvalue weighted by molar-refractivity contribution is 0.181. The Morgan fingerprint density at radius 1 is 1.13 bits per heavy atom. The molecule has 1 heterocycles. The molecule has 0 saturated heterocycles. The fourth-order valence-electron chi connectivity index (χ4n) is 2.50. The van der Waals surface area contributed by atoms with Crippen molar-refractivity contribution in [3.05, 3.63) is 53.3 Å². The van der Waals surface area contributed by atoms with Crippen LogP contribution in [0.25, 0.3) is 0 Å². The lowest BCUT2D eigenvalue weighted by atomic mass is 10.1. The molecule has 1 N–H and O–H groups in total. The highest BCUT2D eigenvalue weighted by Crippen LogP contribution is 2.25. The summed E-state index contributed by atoms with van der Waals surface area (Å²) in [6.07, 6.45) is 1.80. The van der Waals surface area contributed by atoms with E-state index in [0.29, 0.717) is 19.6 Å². The second-order valence-corrected chi connectivity index (χ2v) is 5.38. The molecule has 0 aliphatic heterocycles. The summed E-state index contributed by atoms with van der Waals surface area (Å²) in [5, 5.41) is 9.37. The molecule has 0 unspecified atom stereocenters. The summed E-state index contributed by atoms with van der Waals surface area (Å²) in [6.45, 7) is 4.03.